The number of hydrogen-bond donors (Lipinski definition) is 0. The third kappa shape index (κ3) is 5.10. The summed E-state index contributed by atoms with van der Waals surface area (Å²) in [6.07, 6.45) is 1.10. The molecule has 0 spiro atoms. The van der Waals surface area contributed by atoms with Crippen LogP contribution in [0.3, 0.4) is 0 Å². The van der Waals surface area contributed by atoms with Crippen LogP contribution in [0, 0.1) is 11.3 Å². The predicted octanol–water partition coefficient (Wildman–Crippen LogP) is 3.68. The monoisotopic (exact) mass is 164 g/mol. The fourth-order valence-corrected chi connectivity index (χ4v) is 1.73. The summed E-state index contributed by atoms with van der Waals surface area (Å²) >= 11 is 0.451. The van der Waals surface area contributed by atoms with Crippen molar-refractivity contribution in [1.82, 2.24) is 0 Å². The molecule has 0 rings (SSSR count). The van der Waals surface area contributed by atoms with Crippen molar-refractivity contribution < 1.29 is 3.89 Å². The van der Waals surface area contributed by atoms with E-state index in [1.54, 1.807) is 0 Å². The van der Waals surface area contributed by atoms with E-state index in [2.05, 4.69) is 27.7 Å². The summed E-state index contributed by atoms with van der Waals surface area (Å²) in [5.41, 5.74) is 0.160. The maximum absolute atomic E-state index is 11.9. The van der Waals surface area contributed by atoms with Gasteiger partial charge in [-0.05, 0) is 17.8 Å². The van der Waals surface area contributed by atoms with Gasteiger partial charge in [0.05, 0.1) is 0 Å². The second-order valence-electron chi connectivity index (χ2n) is 4.02. The lowest BCUT2D eigenvalue weighted by Gasteiger charge is -2.24. The average Bonchev–Trinajstić information content (AvgIpc) is 1.59. The molecule has 0 aliphatic carbocycles. The third-order valence-electron chi connectivity index (χ3n) is 1.41. The highest BCUT2D eigenvalue weighted by molar-refractivity contribution is 7.94. The van der Waals surface area contributed by atoms with Gasteiger partial charge in [-0.25, -0.2) is 0 Å². The largest absolute Gasteiger partial charge is 0.165 e. The molecule has 0 saturated carbocycles. The Balaban J connectivity index is 3.63. The van der Waals surface area contributed by atoms with Crippen LogP contribution in [0.5, 0.6) is 0 Å². The van der Waals surface area contributed by atoms with Gasteiger partial charge in [0, 0.05) is 17.9 Å². The lowest BCUT2D eigenvalue weighted by atomic mass is 9.86. The van der Waals surface area contributed by atoms with Crippen molar-refractivity contribution in [3.05, 3.63) is 0 Å². The van der Waals surface area contributed by atoms with Crippen LogP contribution in [-0.4, -0.2) is 5.75 Å². The lowest BCUT2D eigenvalue weighted by molar-refractivity contribution is 0.327. The van der Waals surface area contributed by atoms with E-state index in [0.29, 0.717) is 23.8 Å². The molecular formula is C8H17FS. The zero-order valence-electron chi connectivity index (χ0n) is 7.28. The Morgan fingerprint density at radius 3 is 2.20 bits per heavy atom. The van der Waals surface area contributed by atoms with E-state index >= 15 is 0 Å². The molecule has 2 heteroatoms. The average molecular weight is 164 g/mol. The topological polar surface area (TPSA) is 0 Å². The first-order valence-corrected chi connectivity index (χ1v) is 4.60. The minimum atomic E-state index is 0.160. The van der Waals surface area contributed by atoms with Gasteiger partial charge >= 0.3 is 0 Å². The molecule has 0 N–H and O–H groups in total. The fraction of sp³-hybridized carbons (Fsp3) is 1.00. The Morgan fingerprint density at radius 1 is 1.40 bits per heavy atom. The molecule has 0 aromatic rings. The molecule has 0 radical (unpaired) electrons. The second kappa shape index (κ2) is 4.22. The van der Waals surface area contributed by atoms with Crippen LogP contribution in [-0.2, 0) is 0 Å². The van der Waals surface area contributed by atoms with E-state index in [1.165, 1.54) is 0 Å². The molecule has 0 nitrogen and oxygen atoms in total. The number of halogens is 1. The smallest absolute Gasteiger partial charge is 0.0448 e. The van der Waals surface area contributed by atoms with Crippen molar-refractivity contribution in [2.45, 2.75) is 34.1 Å². The van der Waals surface area contributed by atoms with Crippen LogP contribution in [0.25, 0.3) is 0 Å². The molecule has 0 amide bonds. The zero-order chi connectivity index (χ0) is 8.20. The fourth-order valence-electron chi connectivity index (χ4n) is 1.31. The van der Waals surface area contributed by atoms with E-state index < -0.39 is 0 Å². The predicted molar refractivity (Wildman–Crippen MR) is 46.8 cm³/mol. The standard InChI is InChI=1S/C8H17FS/c1-7(2)5-8(3,4)6-10-9/h7H,5-6H2,1-4H3. The molecule has 0 fully saturated rings. The Bertz CT molecular complexity index is 89.3. The van der Waals surface area contributed by atoms with Gasteiger partial charge < -0.3 is 0 Å². The van der Waals surface area contributed by atoms with Crippen molar-refractivity contribution in [1.29, 1.82) is 0 Å². The first-order chi connectivity index (χ1) is 4.48. The molecule has 0 saturated heterocycles. The van der Waals surface area contributed by atoms with Crippen LogP contribution < -0.4 is 0 Å². The molecule has 0 heterocycles. The quantitative estimate of drug-likeness (QED) is 0.611. The first kappa shape index (κ1) is 10.3. The number of hydrogen-bond acceptors (Lipinski definition) is 1. The van der Waals surface area contributed by atoms with Gasteiger partial charge in [0.25, 0.3) is 0 Å². The second-order valence-corrected chi connectivity index (χ2v) is 4.52. The summed E-state index contributed by atoms with van der Waals surface area (Å²) in [6, 6.07) is 0. The molecule has 62 valence electrons. The van der Waals surface area contributed by atoms with Crippen molar-refractivity contribution in [2.75, 3.05) is 5.75 Å². The molecule has 0 aliphatic heterocycles. The molecule has 0 aliphatic rings. The van der Waals surface area contributed by atoms with Crippen molar-refractivity contribution in [3.63, 3.8) is 0 Å². The Labute approximate surface area is 67.9 Å². The van der Waals surface area contributed by atoms with Crippen LogP contribution >= 0.6 is 12.1 Å². The van der Waals surface area contributed by atoms with Gasteiger partial charge in [0.15, 0.2) is 0 Å². The van der Waals surface area contributed by atoms with Gasteiger partial charge in [-0.15, -0.1) is 0 Å². The van der Waals surface area contributed by atoms with E-state index in [0.717, 1.165) is 6.42 Å². The van der Waals surface area contributed by atoms with Gasteiger partial charge in [-0.2, -0.15) is 3.89 Å². The Hall–Kier alpha value is 0.280. The van der Waals surface area contributed by atoms with Crippen LogP contribution in [0.4, 0.5) is 3.89 Å². The highest BCUT2D eigenvalue weighted by Gasteiger charge is 2.19. The van der Waals surface area contributed by atoms with E-state index in [-0.39, 0.29) is 5.41 Å². The summed E-state index contributed by atoms with van der Waals surface area (Å²) in [5, 5.41) is 0. The van der Waals surface area contributed by atoms with E-state index in [4.69, 9.17) is 0 Å². The Kier molecular flexibility index (Phi) is 4.34. The minimum absolute atomic E-state index is 0.160. The van der Waals surface area contributed by atoms with E-state index in [1.807, 2.05) is 0 Å². The van der Waals surface area contributed by atoms with Crippen molar-refractivity contribution >= 4 is 12.1 Å². The van der Waals surface area contributed by atoms with Gasteiger partial charge in [0.2, 0.25) is 0 Å². The summed E-state index contributed by atoms with van der Waals surface area (Å²) in [5.74, 6) is 1.28. The first-order valence-electron chi connectivity index (χ1n) is 3.71. The van der Waals surface area contributed by atoms with Crippen LogP contribution in [0.2, 0.25) is 0 Å². The summed E-state index contributed by atoms with van der Waals surface area (Å²) in [7, 11) is 0. The summed E-state index contributed by atoms with van der Waals surface area (Å²) < 4.78 is 11.9. The van der Waals surface area contributed by atoms with Crippen molar-refractivity contribution in [3.8, 4) is 0 Å². The molecule has 10 heavy (non-hydrogen) atoms. The highest BCUT2D eigenvalue weighted by Crippen LogP contribution is 2.29. The molecule has 0 bridgehead atoms. The SMILES string of the molecule is CC(C)CC(C)(C)CSF. The summed E-state index contributed by atoms with van der Waals surface area (Å²) in [4.78, 5) is 0. The normalized spacial score (nSPS) is 12.6. The molecular weight excluding hydrogens is 147 g/mol. The van der Waals surface area contributed by atoms with Gasteiger partial charge in [-0.1, -0.05) is 27.7 Å². The maximum atomic E-state index is 11.9. The van der Waals surface area contributed by atoms with E-state index in [9.17, 15) is 3.89 Å². The Morgan fingerprint density at radius 2 is 1.90 bits per heavy atom. The van der Waals surface area contributed by atoms with Gasteiger partial charge in [0.1, 0.15) is 0 Å². The highest BCUT2D eigenvalue weighted by atomic mass is 32.2. The minimum Gasteiger partial charge on any atom is -0.165 e. The van der Waals surface area contributed by atoms with Crippen LogP contribution in [0.15, 0.2) is 0 Å². The van der Waals surface area contributed by atoms with Crippen LogP contribution in [0.1, 0.15) is 34.1 Å². The molecule has 0 aromatic carbocycles. The zero-order valence-corrected chi connectivity index (χ0v) is 8.09. The third-order valence-corrected chi connectivity index (χ3v) is 2.30. The maximum Gasteiger partial charge on any atom is 0.0448 e. The number of rotatable bonds is 4. The molecule has 0 atom stereocenters. The van der Waals surface area contributed by atoms with Crippen molar-refractivity contribution in [2.24, 2.45) is 11.3 Å². The molecule has 0 aromatic heterocycles. The lowest BCUT2D eigenvalue weighted by Crippen LogP contribution is -2.16. The van der Waals surface area contributed by atoms with Gasteiger partial charge in [-0.3, -0.25) is 0 Å². The molecule has 0 unspecified atom stereocenters. The summed E-state index contributed by atoms with van der Waals surface area (Å²) in [6.45, 7) is 8.56.